The Morgan fingerprint density at radius 2 is 1.81 bits per heavy atom. The number of likely N-dealkylation sites (N-methyl/N-ethyl adjacent to an activating group) is 1. The second kappa shape index (κ2) is 8.84. The van der Waals surface area contributed by atoms with Crippen LogP contribution in [0.5, 0.6) is 0 Å². The lowest BCUT2D eigenvalue weighted by Crippen LogP contribution is -2.36. The van der Waals surface area contributed by atoms with Crippen molar-refractivity contribution in [3.05, 3.63) is 45.1 Å². The molecule has 2 rings (SSSR count). The van der Waals surface area contributed by atoms with Crippen molar-refractivity contribution in [1.29, 1.82) is 5.26 Å². The number of nitrogens with one attached hydrogen (secondary N) is 2. The van der Waals surface area contributed by atoms with Crippen molar-refractivity contribution in [2.75, 3.05) is 30.8 Å². The monoisotopic (exact) mass is 432 g/mol. The molecule has 0 fully saturated rings. The molecule has 27 heavy (non-hydrogen) atoms. The molecule has 2 N–H and O–H groups in total. The summed E-state index contributed by atoms with van der Waals surface area (Å²) < 4.78 is 6.35. The van der Waals surface area contributed by atoms with E-state index in [1.807, 2.05) is 31.2 Å². The lowest BCUT2D eigenvalue weighted by molar-refractivity contribution is -0.119. The van der Waals surface area contributed by atoms with Gasteiger partial charge in [0, 0.05) is 15.7 Å². The number of furan rings is 1. The molecule has 1 aromatic heterocycles. The van der Waals surface area contributed by atoms with E-state index < -0.39 is 0 Å². The van der Waals surface area contributed by atoms with Crippen molar-refractivity contribution < 1.29 is 14.0 Å². The van der Waals surface area contributed by atoms with E-state index in [1.54, 1.807) is 25.8 Å². The number of carbonyl (C=O) groups is 2. The van der Waals surface area contributed by atoms with Crippen molar-refractivity contribution in [2.24, 2.45) is 0 Å². The van der Waals surface area contributed by atoms with Crippen LogP contribution in [-0.4, -0.2) is 36.9 Å². The van der Waals surface area contributed by atoms with Crippen LogP contribution in [0.3, 0.4) is 0 Å². The van der Waals surface area contributed by atoms with Gasteiger partial charge in [-0.15, -0.1) is 0 Å². The van der Waals surface area contributed by atoms with E-state index >= 15 is 0 Å². The molecule has 0 saturated heterocycles. The molecule has 0 aliphatic heterocycles. The van der Waals surface area contributed by atoms with Crippen LogP contribution in [0.1, 0.15) is 22.5 Å². The van der Waals surface area contributed by atoms with Crippen molar-refractivity contribution in [3.63, 3.8) is 0 Å². The standard InChI is InChI=1S/C19H21BrN4O3/c1-11-7-14(20)5-6-16(11)22-17(25)9-24(4)10-18(26)23-19-15(8-21)12(2)13(3)27-19/h5-7H,9-10H2,1-4H3,(H,22,25)(H,23,26). The number of halogens is 1. The summed E-state index contributed by atoms with van der Waals surface area (Å²) in [5.41, 5.74) is 2.67. The largest absolute Gasteiger partial charge is 0.444 e. The second-order valence-electron chi connectivity index (χ2n) is 6.33. The van der Waals surface area contributed by atoms with Gasteiger partial charge in [0.15, 0.2) is 0 Å². The van der Waals surface area contributed by atoms with E-state index in [-0.39, 0.29) is 30.8 Å². The Balaban J connectivity index is 1.90. The minimum Gasteiger partial charge on any atom is -0.444 e. The van der Waals surface area contributed by atoms with E-state index in [1.165, 1.54) is 0 Å². The number of rotatable bonds is 6. The van der Waals surface area contributed by atoms with Crippen LogP contribution in [0.25, 0.3) is 0 Å². The first-order chi connectivity index (χ1) is 12.7. The van der Waals surface area contributed by atoms with Gasteiger partial charge in [-0.25, -0.2) is 0 Å². The Labute approximate surface area is 166 Å². The van der Waals surface area contributed by atoms with Crippen LogP contribution in [0.4, 0.5) is 11.6 Å². The summed E-state index contributed by atoms with van der Waals surface area (Å²) >= 11 is 3.38. The summed E-state index contributed by atoms with van der Waals surface area (Å²) in [7, 11) is 1.66. The van der Waals surface area contributed by atoms with Crippen LogP contribution in [-0.2, 0) is 9.59 Å². The van der Waals surface area contributed by atoms with Crippen molar-refractivity contribution in [3.8, 4) is 6.07 Å². The maximum atomic E-state index is 12.2. The Bertz CT molecular complexity index is 914. The van der Waals surface area contributed by atoms with Gasteiger partial charge in [-0.05, 0) is 51.6 Å². The molecule has 1 aromatic carbocycles. The summed E-state index contributed by atoms with van der Waals surface area (Å²) in [4.78, 5) is 26.0. The number of amides is 2. The first-order valence-electron chi connectivity index (χ1n) is 8.25. The van der Waals surface area contributed by atoms with Crippen molar-refractivity contribution >= 4 is 39.3 Å². The molecule has 0 unspecified atom stereocenters. The Kier molecular flexibility index (Phi) is 6.77. The van der Waals surface area contributed by atoms with Crippen LogP contribution in [0, 0.1) is 32.1 Å². The van der Waals surface area contributed by atoms with Gasteiger partial charge in [-0.3, -0.25) is 19.8 Å². The molecule has 7 nitrogen and oxygen atoms in total. The molecule has 2 aromatic rings. The predicted molar refractivity (Wildman–Crippen MR) is 107 cm³/mol. The number of nitrogens with zero attached hydrogens (tertiary/aromatic N) is 2. The number of hydrogen-bond donors (Lipinski definition) is 2. The number of anilines is 2. The first kappa shape index (κ1) is 20.7. The van der Waals surface area contributed by atoms with Gasteiger partial charge in [0.2, 0.25) is 17.7 Å². The van der Waals surface area contributed by atoms with Crippen LogP contribution < -0.4 is 10.6 Å². The average molecular weight is 433 g/mol. The molecule has 8 heteroatoms. The highest BCUT2D eigenvalue weighted by Gasteiger charge is 2.18. The Morgan fingerprint density at radius 3 is 2.41 bits per heavy atom. The minimum atomic E-state index is -0.365. The molecular formula is C19H21BrN4O3. The van der Waals surface area contributed by atoms with Crippen LogP contribution in [0.15, 0.2) is 27.1 Å². The van der Waals surface area contributed by atoms with Crippen LogP contribution >= 0.6 is 15.9 Å². The number of nitriles is 1. The maximum absolute atomic E-state index is 12.2. The van der Waals surface area contributed by atoms with Gasteiger partial charge in [0.25, 0.3) is 0 Å². The zero-order valence-electron chi connectivity index (χ0n) is 15.6. The molecule has 0 aliphatic carbocycles. The fraction of sp³-hybridized carbons (Fsp3) is 0.316. The highest BCUT2D eigenvalue weighted by molar-refractivity contribution is 9.10. The first-order valence-corrected chi connectivity index (χ1v) is 9.05. The molecule has 1 heterocycles. The summed E-state index contributed by atoms with van der Waals surface area (Å²) in [5, 5.41) is 14.6. The lowest BCUT2D eigenvalue weighted by Gasteiger charge is -2.16. The van der Waals surface area contributed by atoms with Crippen molar-refractivity contribution in [2.45, 2.75) is 20.8 Å². The van der Waals surface area contributed by atoms with Gasteiger partial charge in [0.05, 0.1) is 13.1 Å². The summed E-state index contributed by atoms with van der Waals surface area (Å²) in [6.07, 6.45) is 0. The smallest absolute Gasteiger partial charge is 0.240 e. The molecule has 0 aliphatic rings. The van der Waals surface area contributed by atoms with Gasteiger partial charge >= 0.3 is 0 Å². The van der Waals surface area contributed by atoms with E-state index in [0.717, 1.165) is 15.7 Å². The quantitative estimate of drug-likeness (QED) is 0.728. The second-order valence-corrected chi connectivity index (χ2v) is 7.24. The van der Waals surface area contributed by atoms with Crippen molar-refractivity contribution in [1.82, 2.24) is 4.90 Å². The summed E-state index contributed by atoms with van der Waals surface area (Å²) in [6, 6.07) is 7.59. The lowest BCUT2D eigenvalue weighted by atomic mass is 10.2. The predicted octanol–water partition coefficient (Wildman–Crippen LogP) is 3.35. The number of benzene rings is 1. The minimum absolute atomic E-state index is 0.0175. The van der Waals surface area contributed by atoms with Gasteiger partial charge in [0.1, 0.15) is 17.4 Å². The van der Waals surface area contributed by atoms with E-state index in [2.05, 4.69) is 26.6 Å². The van der Waals surface area contributed by atoms with Gasteiger partial charge in [-0.2, -0.15) is 5.26 Å². The highest BCUT2D eigenvalue weighted by Crippen LogP contribution is 2.25. The highest BCUT2D eigenvalue weighted by atomic mass is 79.9. The molecule has 142 valence electrons. The third kappa shape index (κ3) is 5.42. The number of aryl methyl sites for hydroxylation is 2. The SMILES string of the molecule is Cc1cc(Br)ccc1NC(=O)CN(C)CC(=O)Nc1oc(C)c(C)c1C#N. The fourth-order valence-corrected chi connectivity index (χ4v) is 2.99. The molecule has 0 radical (unpaired) electrons. The molecule has 2 amide bonds. The van der Waals surface area contributed by atoms with E-state index in [9.17, 15) is 14.9 Å². The Morgan fingerprint density at radius 1 is 1.19 bits per heavy atom. The third-order valence-electron chi connectivity index (χ3n) is 4.04. The van der Waals surface area contributed by atoms with Crippen LogP contribution in [0.2, 0.25) is 0 Å². The molecule has 0 atom stereocenters. The number of carbonyl (C=O) groups excluding carboxylic acids is 2. The molecule has 0 spiro atoms. The normalized spacial score (nSPS) is 10.6. The zero-order valence-corrected chi connectivity index (χ0v) is 17.2. The molecular weight excluding hydrogens is 412 g/mol. The summed E-state index contributed by atoms with van der Waals surface area (Å²) in [5.74, 6) is 0.133. The van der Waals surface area contributed by atoms with E-state index in [0.29, 0.717) is 16.9 Å². The zero-order chi connectivity index (χ0) is 20.1. The molecule has 0 bridgehead atoms. The maximum Gasteiger partial charge on any atom is 0.240 e. The van der Waals surface area contributed by atoms with Gasteiger partial charge < -0.3 is 9.73 Å². The van der Waals surface area contributed by atoms with Gasteiger partial charge in [-0.1, -0.05) is 15.9 Å². The fourth-order valence-electron chi connectivity index (χ4n) is 2.52. The topological polar surface area (TPSA) is 98.4 Å². The number of hydrogen-bond acceptors (Lipinski definition) is 5. The van der Waals surface area contributed by atoms with E-state index in [4.69, 9.17) is 4.42 Å². The third-order valence-corrected chi connectivity index (χ3v) is 4.53. The summed E-state index contributed by atoms with van der Waals surface area (Å²) in [6.45, 7) is 5.41. The molecule has 0 saturated carbocycles. The Hall–Kier alpha value is -2.63. The average Bonchev–Trinajstić information content (AvgIpc) is 2.83.